The number of aliphatic hydroxyl groups is 1. The van der Waals surface area contributed by atoms with Crippen LogP contribution in [0.5, 0.6) is 0 Å². The van der Waals surface area contributed by atoms with Crippen LogP contribution >= 0.6 is 0 Å². The molecule has 0 fully saturated rings. The van der Waals surface area contributed by atoms with Gasteiger partial charge in [-0.05, 0) is 37.1 Å². The zero-order chi connectivity index (χ0) is 13.7. The Labute approximate surface area is 105 Å². The van der Waals surface area contributed by atoms with E-state index in [0.717, 1.165) is 11.1 Å². The number of aliphatic carboxylic acids is 1. The monoisotopic (exact) mass is 252 g/mol. The molecule has 6 heteroatoms. The SMILES string of the molecule is Cc1ccc(NC(=O)N[C@@H](CO)C(=O)O)cc1C. The minimum Gasteiger partial charge on any atom is -0.480 e. The van der Waals surface area contributed by atoms with Crippen LogP contribution < -0.4 is 10.6 Å². The van der Waals surface area contributed by atoms with Gasteiger partial charge in [0.1, 0.15) is 0 Å². The maximum absolute atomic E-state index is 11.5. The second kappa shape index (κ2) is 6.02. The van der Waals surface area contributed by atoms with E-state index in [1.807, 2.05) is 19.9 Å². The van der Waals surface area contributed by atoms with Crippen molar-refractivity contribution in [1.82, 2.24) is 5.32 Å². The quantitative estimate of drug-likeness (QED) is 0.639. The fourth-order valence-corrected chi connectivity index (χ4v) is 1.33. The van der Waals surface area contributed by atoms with Gasteiger partial charge < -0.3 is 20.8 Å². The van der Waals surface area contributed by atoms with E-state index in [-0.39, 0.29) is 0 Å². The number of aliphatic hydroxyl groups excluding tert-OH is 1. The third kappa shape index (κ3) is 3.74. The van der Waals surface area contributed by atoms with Crippen LogP contribution in [0.2, 0.25) is 0 Å². The van der Waals surface area contributed by atoms with Crippen LogP contribution in [0.3, 0.4) is 0 Å². The van der Waals surface area contributed by atoms with Gasteiger partial charge in [0, 0.05) is 5.69 Å². The molecule has 0 saturated heterocycles. The molecule has 1 aromatic carbocycles. The number of amides is 2. The van der Waals surface area contributed by atoms with E-state index >= 15 is 0 Å². The van der Waals surface area contributed by atoms with Gasteiger partial charge in [-0.2, -0.15) is 0 Å². The highest BCUT2D eigenvalue weighted by atomic mass is 16.4. The number of aryl methyl sites for hydroxylation is 2. The predicted molar refractivity (Wildman–Crippen MR) is 66.6 cm³/mol. The smallest absolute Gasteiger partial charge is 0.328 e. The molecule has 0 heterocycles. The fourth-order valence-electron chi connectivity index (χ4n) is 1.33. The number of nitrogens with one attached hydrogen (secondary N) is 2. The van der Waals surface area contributed by atoms with Crippen LogP contribution in [0, 0.1) is 13.8 Å². The van der Waals surface area contributed by atoms with E-state index in [9.17, 15) is 9.59 Å². The Morgan fingerprint density at radius 1 is 1.28 bits per heavy atom. The lowest BCUT2D eigenvalue weighted by Gasteiger charge is -2.13. The third-order valence-corrected chi connectivity index (χ3v) is 2.55. The fraction of sp³-hybridized carbons (Fsp3) is 0.333. The van der Waals surface area contributed by atoms with Gasteiger partial charge in [-0.15, -0.1) is 0 Å². The summed E-state index contributed by atoms with van der Waals surface area (Å²) in [5.74, 6) is -1.28. The summed E-state index contributed by atoms with van der Waals surface area (Å²) in [6.07, 6.45) is 0. The molecule has 2 amide bonds. The van der Waals surface area contributed by atoms with E-state index in [4.69, 9.17) is 10.2 Å². The molecule has 1 atom stereocenters. The third-order valence-electron chi connectivity index (χ3n) is 2.55. The van der Waals surface area contributed by atoms with E-state index in [0.29, 0.717) is 5.69 Å². The summed E-state index contributed by atoms with van der Waals surface area (Å²) in [6, 6.07) is 3.38. The Balaban J connectivity index is 2.64. The average molecular weight is 252 g/mol. The van der Waals surface area contributed by atoms with Crippen LogP contribution in [-0.2, 0) is 4.79 Å². The molecule has 0 unspecified atom stereocenters. The molecule has 1 rings (SSSR count). The molecule has 4 N–H and O–H groups in total. The number of carbonyl (C=O) groups excluding carboxylic acids is 1. The van der Waals surface area contributed by atoms with Crippen molar-refractivity contribution < 1.29 is 19.8 Å². The maximum atomic E-state index is 11.5. The molecule has 0 spiro atoms. The summed E-state index contributed by atoms with van der Waals surface area (Å²) in [7, 11) is 0. The number of anilines is 1. The summed E-state index contributed by atoms with van der Waals surface area (Å²) < 4.78 is 0. The van der Waals surface area contributed by atoms with Crippen LogP contribution in [0.1, 0.15) is 11.1 Å². The molecule has 0 aliphatic heterocycles. The zero-order valence-electron chi connectivity index (χ0n) is 10.2. The van der Waals surface area contributed by atoms with Gasteiger partial charge in [0.15, 0.2) is 6.04 Å². The number of carboxylic acids is 1. The lowest BCUT2D eigenvalue weighted by Crippen LogP contribution is -2.45. The lowest BCUT2D eigenvalue weighted by atomic mass is 10.1. The van der Waals surface area contributed by atoms with Gasteiger partial charge >= 0.3 is 12.0 Å². The van der Waals surface area contributed by atoms with Crippen molar-refractivity contribution >= 4 is 17.7 Å². The minimum absolute atomic E-state index is 0.567. The molecule has 0 radical (unpaired) electrons. The Kier molecular flexibility index (Phi) is 4.67. The van der Waals surface area contributed by atoms with Crippen molar-refractivity contribution in [2.45, 2.75) is 19.9 Å². The Bertz CT molecular complexity index is 459. The van der Waals surface area contributed by atoms with E-state index < -0.39 is 24.6 Å². The van der Waals surface area contributed by atoms with Crippen molar-refractivity contribution in [3.8, 4) is 0 Å². The molecule has 18 heavy (non-hydrogen) atoms. The molecule has 1 aromatic rings. The molecule has 6 nitrogen and oxygen atoms in total. The van der Waals surface area contributed by atoms with Gasteiger partial charge in [0.05, 0.1) is 6.61 Å². The molecule has 0 aromatic heterocycles. The standard InChI is InChI=1S/C12H16N2O4/c1-7-3-4-9(5-8(7)2)13-12(18)14-10(6-15)11(16)17/h3-5,10,15H,6H2,1-2H3,(H,16,17)(H2,13,14,18)/t10-/m0/s1. The largest absolute Gasteiger partial charge is 0.480 e. The lowest BCUT2D eigenvalue weighted by molar-refractivity contribution is -0.140. The number of hydrogen-bond acceptors (Lipinski definition) is 3. The van der Waals surface area contributed by atoms with Gasteiger partial charge in [0.2, 0.25) is 0 Å². The molecular weight excluding hydrogens is 236 g/mol. The first-order chi connectivity index (χ1) is 8.43. The van der Waals surface area contributed by atoms with Gasteiger partial charge in [-0.25, -0.2) is 9.59 Å². The molecular formula is C12H16N2O4. The molecule has 0 saturated carbocycles. The summed E-state index contributed by atoms with van der Waals surface area (Å²) in [6.45, 7) is 3.20. The Morgan fingerprint density at radius 3 is 2.44 bits per heavy atom. The van der Waals surface area contributed by atoms with E-state index in [2.05, 4.69) is 10.6 Å². The average Bonchev–Trinajstić information content (AvgIpc) is 2.30. The number of rotatable bonds is 4. The number of carboxylic acid groups (broad SMARTS) is 1. The first-order valence-electron chi connectivity index (χ1n) is 5.42. The molecule has 0 aliphatic carbocycles. The predicted octanol–water partition coefficient (Wildman–Crippen LogP) is 0.870. The minimum atomic E-state index is -1.31. The Hall–Kier alpha value is -2.08. The highest BCUT2D eigenvalue weighted by Gasteiger charge is 2.18. The first kappa shape index (κ1) is 14.0. The molecule has 98 valence electrons. The summed E-state index contributed by atoms with van der Waals surface area (Å²) in [4.78, 5) is 22.1. The molecule has 0 aliphatic rings. The number of urea groups is 1. The summed E-state index contributed by atoms with van der Waals surface area (Å²) >= 11 is 0. The van der Waals surface area contributed by atoms with E-state index in [1.54, 1.807) is 12.1 Å². The van der Waals surface area contributed by atoms with Crippen molar-refractivity contribution in [2.75, 3.05) is 11.9 Å². The van der Waals surface area contributed by atoms with Crippen molar-refractivity contribution in [2.24, 2.45) is 0 Å². The maximum Gasteiger partial charge on any atom is 0.328 e. The summed E-state index contributed by atoms with van der Waals surface area (Å²) in [5, 5.41) is 22.1. The van der Waals surface area contributed by atoms with Crippen LogP contribution in [0.25, 0.3) is 0 Å². The van der Waals surface area contributed by atoms with Crippen molar-refractivity contribution in [3.05, 3.63) is 29.3 Å². The van der Waals surface area contributed by atoms with E-state index in [1.165, 1.54) is 0 Å². The number of benzene rings is 1. The highest BCUT2D eigenvalue weighted by molar-refractivity contribution is 5.92. The van der Waals surface area contributed by atoms with Crippen molar-refractivity contribution in [3.63, 3.8) is 0 Å². The second-order valence-electron chi connectivity index (χ2n) is 3.97. The topological polar surface area (TPSA) is 98.7 Å². The van der Waals surface area contributed by atoms with Crippen molar-refractivity contribution in [1.29, 1.82) is 0 Å². The zero-order valence-corrected chi connectivity index (χ0v) is 10.2. The molecule has 0 bridgehead atoms. The normalized spacial score (nSPS) is 11.7. The van der Waals surface area contributed by atoms with Crippen LogP contribution in [0.4, 0.5) is 10.5 Å². The van der Waals surface area contributed by atoms with Gasteiger partial charge in [-0.3, -0.25) is 0 Å². The second-order valence-corrected chi connectivity index (χ2v) is 3.97. The van der Waals surface area contributed by atoms with Crippen LogP contribution in [0.15, 0.2) is 18.2 Å². The van der Waals surface area contributed by atoms with Crippen LogP contribution in [-0.4, -0.2) is 34.9 Å². The highest BCUT2D eigenvalue weighted by Crippen LogP contribution is 2.13. The summed E-state index contributed by atoms with van der Waals surface area (Å²) in [5.41, 5.74) is 2.68. The first-order valence-corrected chi connectivity index (χ1v) is 5.42. The van der Waals surface area contributed by atoms with Gasteiger partial charge in [-0.1, -0.05) is 6.07 Å². The number of hydrogen-bond donors (Lipinski definition) is 4. The number of carbonyl (C=O) groups is 2. The van der Waals surface area contributed by atoms with Gasteiger partial charge in [0.25, 0.3) is 0 Å². The Morgan fingerprint density at radius 2 is 1.94 bits per heavy atom.